The minimum atomic E-state index is -6.19. The van der Waals surface area contributed by atoms with E-state index in [1.165, 1.54) is 28.4 Å². The second kappa shape index (κ2) is 40.3. The van der Waals surface area contributed by atoms with E-state index in [-0.39, 0.29) is 6.10 Å². The Bertz CT molecular complexity index is 3700. The van der Waals surface area contributed by atoms with Crippen molar-refractivity contribution >= 4 is 74.3 Å². The van der Waals surface area contributed by atoms with E-state index in [0.717, 1.165) is 49.8 Å². The van der Waals surface area contributed by atoms with Crippen LogP contribution in [-0.4, -0.2) is 407 Å². The smallest absolute Gasteiger partial charge is 0.397 e. The fraction of sp³-hybridized carbons (Fsp3) is 0.962. The van der Waals surface area contributed by atoms with Crippen LogP contribution in [0, 0.1) is 0 Å². The highest BCUT2D eigenvalue weighted by molar-refractivity contribution is 7.82. The molecule has 33 atom stereocenters. The van der Waals surface area contributed by atoms with Crippen LogP contribution in [0.4, 0.5) is 0 Å². The molecule has 7 saturated heterocycles. The number of ether oxygens (including phenoxy) is 24. The molecule has 7 rings (SSSR count). The van der Waals surface area contributed by atoms with Gasteiger partial charge in [-0.25, -0.2) is 34.7 Å². The minimum Gasteiger partial charge on any atom is -0.479 e. The molecule has 111 heavy (non-hydrogen) atoms. The van der Waals surface area contributed by atoms with E-state index >= 15 is 0 Å². The van der Waals surface area contributed by atoms with Crippen molar-refractivity contribution in [1.29, 1.82) is 0 Å². The Morgan fingerprint density at radius 2 is 0.613 bits per heavy atom. The van der Waals surface area contributed by atoms with E-state index in [1.807, 2.05) is 0 Å². The summed E-state index contributed by atoms with van der Waals surface area (Å²) in [5, 5.41) is 21.8. The SMILES string of the molecule is CO[C@@H]1[C@@H](OC)[C@H](O[C@H]2[C@H](OS(=O)(=O)O)[C@@H](OS(=O)(=O)O)[C@@H](O[C@H]3[C@H](OC)[C@@H](OC)[C@H](O[C@H]4[C@H](OC)[C@@H](OS(=O)(=O)O)CO[C@@H]4COS(=O)(=O)O)O[C@H]3C(=O)O)O[C@@H]2COS(=O)(=O)O)O[C@H](C(=O)O)[C@H]1O[C@H]1O[C@H](COS(=O)(=O)O)[C@@H](O[C@@H]2O[C@H](C)[C@@H](OC3O[C@H](C)C[C@H](OC)[C@H]3OC)[C@H](OC)[C@H]2OC)[C@H](OC)[C@H]1OC. The maximum absolute atomic E-state index is 13.7. The second-order valence-electron chi connectivity index (χ2n) is 24.8. The molecular formula is C53H90O52S6. The normalized spacial score (nSPS) is 40.6. The summed E-state index contributed by atoms with van der Waals surface area (Å²) in [7, 11) is -22.1. The van der Waals surface area contributed by atoms with Gasteiger partial charge in [-0.3, -0.25) is 27.3 Å². The molecule has 0 aliphatic carbocycles. The van der Waals surface area contributed by atoms with Crippen LogP contribution in [0.5, 0.6) is 0 Å². The van der Waals surface area contributed by atoms with Gasteiger partial charge in [-0.1, -0.05) is 0 Å². The fourth-order valence-electron chi connectivity index (χ4n) is 13.6. The molecule has 52 nitrogen and oxygen atoms in total. The van der Waals surface area contributed by atoms with Crippen LogP contribution in [0.3, 0.4) is 0 Å². The highest BCUT2D eigenvalue weighted by Gasteiger charge is 2.63. The molecule has 58 heteroatoms. The van der Waals surface area contributed by atoms with Gasteiger partial charge in [-0.05, 0) is 13.8 Å². The van der Waals surface area contributed by atoms with Gasteiger partial charge in [0.15, 0.2) is 56.1 Å². The molecule has 0 aromatic rings. The number of hydrogen-bond donors (Lipinski definition) is 8. The lowest BCUT2D eigenvalue weighted by Gasteiger charge is -2.51. The number of carboxylic acids is 2. The van der Waals surface area contributed by atoms with Crippen molar-refractivity contribution < 1.29 is 236 Å². The summed E-state index contributed by atoms with van der Waals surface area (Å²) in [6, 6.07) is 0. The summed E-state index contributed by atoms with van der Waals surface area (Å²) in [5.41, 5.74) is 0. The third-order valence-corrected chi connectivity index (χ3v) is 20.8. The average Bonchev–Trinajstić information content (AvgIpc) is 0.755. The highest BCUT2D eigenvalue weighted by atomic mass is 32.3. The summed E-state index contributed by atoms with van der Waals surface area (Å²) >= 11 is 0. The number of hydrogen-bond acceptors (Lipinski definition) is 44. The van der Waals surface area contributed by atoms with Gasteiger partial charge >= 0.3 is 74.3 Å². The number of carbonyl (C=O) groups is 2. The van der Waals surface area contributed by atoms with Gasteiger partial charge in [0.25, 0.3) is 0 Å². The number of methoxy groups -OCH3 is 11. The third-order valence-electron chi connectivity index (χ3n) is 18.1. The van der Waals surface area contributed by atoms with Crippen molar-refractivity contribution in [3.63, 3.8) is 0 Å². The molecule has 0 spiro atoms. The highest BCUT2D eigenvalue weighted by Crippen LogP contribution is 2.43. The molecule has 1 unspecified atom stereocenters. The van der Waals surface area contributed by atoms with Crippen molar-refractivity contribution in [3.8, 4) is 0 Å². The zero-order chi connectivity index (χ0) is 83.0. The second-order valence-corrected chi connectivity index (χ2v) is 31.2. The molecular weight excluding hydrogens is 1660 g/mol. The molecule has 8 N–H and O–H groups in total. The standard InChI is InChI=1S/C53H90O52S6/c1-19-14-21(76-3)31(78-5)48(91-19)95-26-20(2)92-49(41(83-10)32(26)79-6)97-29-23(17-89-107(61,62)63)93-50(42(84-11)33(29)80-7)99-36-34(81-8)44(86-13)52(102-39(36)46(54)55)98-30-24(18-90-108(64,65)66)94-53(45(105-111(73,74)75)38(30)104-110(70,71)72)100-37-35(82-9)43(85-12)51(101-40(37)47(56)57)96-28-22(16-88-106(58,59)60)87-15-25(27(28)77-4)103-109(67,68)69/h19-45,48-53H,14-18H2,1-13H3,(H,54,55)(H,56,57)(H,58,59,60)(H,61,62,63)(H,64,65,66)(H,67,68,69)(H,70,71,72)(H,73,74,75)/t19-,20-,21+,22-,23-,24-,25+,26-,27-,28-,29-,30-,31-,32+,33+,34+,35+,36+,37+,38+,39+,40-,41-,42-,43-,44-,45-,48?,49+,50-,51-,52-,53-/m1/s1. The molecule has 7 aliphatic heterocycles. The summed E-state index contributed by atoms with van der Waals surface area (Å²) < 4.78 is 378. The Labute approximate surface area is 635 Å². The van der Waals surface area contributed by atoms with Gasteiger partial charge in [0.1, 0.15) is 128 Å². The lowest BCUT2D eigenvalue weighted by Crippen LogP contribution is -2.70. The molecule has 0 aromatic heterocycles. The maximum atomic E-state index is 13.7. The lowest BCUT2D eigenvalue weighted by molar-refractivity contribution is -0.394. The van der Waals surface area contributed by atoms with Gasteiger partial charge in [0, 0.05) is 84.6 Å². The zero-order valence-electron chi connectivity index (χ0n) is 60.6. The van der Waals surface area contributed by atoms with Crippen molar-refractivity contribution in [1.82, 2.24) is 0 Å². The van der Waals surface area contributed by atoms with E-state index in [1.54, 1.807) is 13.8 Å². The monoisotopic (exact) mass is 1750 g/mol. The minimum absolute atomic E-state index is 0.369. The quantitative estimate of drug-likeness (QED) is 0.0265. The fourth-order valence-corrected chi connectivity index (χ4v) is 16.0. The van der Waals surface area contributed by atoms with Crippen molar-refractivity contribution in [3.05, 3.63) is 0 Å². The van der Waals surface area contributed by atoms with E-state index in [9.17, 15) is 97.6 Å². The predicted molar refractivity (Wildman–Crippen MR) is 343 cm³/mol. The first-order valence-electron chi connectivity index (χ1n) is 32.3. The molecule has 650 valence electrons. The Morgan fingerprint density at radius 1 is 0.306 bits per heavy atom. The largest absolute Gasteiger partial charge is 0.479 e. The zero-order valence-corrected chi connectivity index (χ0v) is 65.5. The van der Waals surface area contributed by atoms with Crippen molar-refractivity contribution in [2.45, 2.75) is 223 Å². The van der Waals surface area contributed by atoms with Gasteiger partial charge in [-0.15, -0.1) is 0 Å². The van der Waals surface area contributed by atoms with Crippen LogP contribution in [0.15, 0.2) is 0 Å². The number of rotatable bonds is 40. The molecule has 0 amide bonds. The molecule has 7 heterocycles. The molecule has 0 aromatic carbocycles. The predicted octanol–water partition coefficient (Wildman–Crippen LogP) is -6.17. The Kier molecular flexibility index (Phi) is 34.6. The summed E-state index contributed by atoms with van der Waals surface area (Å²) in [4.78, 5) is 27.1. The molecule has 7 fully saturated rings. The molecule has 0 bridgehead atoms. The average molecular weight is 1750 g/mol. The van der Waals surface area contributed by atoms with Gasteiger partial charge in [-0.2, -0.15) is 50.5 Å². The molecule has 7 aliphatic rings. The third kappa shape index (κ3) is 25.1. The van der Waals surface area contributed by atoms with Crippen molar-refractivity contribution in [2.24, 2.45) is 0 Å². The molecule has 0 saturated carbocycles. The Balaban J connectivity index is 1.23. The Hall–Kier alpha value is -2.80. The first kappa shape index (κ1) is 95.3. The number of aliphatic carboxylic acids is 2. The van der Waals surface area contributed by atoms with E-state index < -0.39 is 297 Å². The topological polar surface area (TPSA) is 678 Å². The van der Waals surface area contributed by atoms with Crippen LogP contribution in [0.2, 0.25) is 0 Å². The van der Waals surface area contributed by atoms with Crippen LogP contribution < -0.4 is 0 Å². The van der Waals surface area contributed by atoms with Gasteiger partial charge in [0.05, 0.1) is 44.7 Å². The van der Waals surface area contributed by atoms with E-state index in [4.69, 9.17) is 126 Å². The van der Waals surface area contributed by atoms with Crippen molar-refractivity contribution in [2.75, 3.05) is 105 Å². The summed E-state index contributed by atoms with van der Waals surface area (Å²) in [6.45, 7) is -1.58. The Morgan fingerprint density at radius 3 is 0.982 bits per heavy atom. The maximum Gasteiger partial charge on any atom is 0.397 e. The summed E-state index contributed by atoms with van der Waals surface area (Å²) in [6.07, 6.45) is -61.8. The van der Waals surface area contributed by atoms with Crippen LogP contribution in [0.25, 0.3) is 0 Å². The first-order valence-corrected chi connectivity index (χ1v) is 40.5. The van der Waals surface area contributed by atoms with Gasteiger partial charge < -0.3 is 124 Å². The van der Waals surface area contributed by atoms with Crippen LogP contribution in [0.1, 0.15) is 20.3 Å². The van der Waals surface area contributed by atoms with Gasteiger partial charge in [0.2, 0.25) is 0 Å². The van der Waals surface area contributed by atoms with Crippen LogP contribution >= 0.6 is 0 Å². The molecule has 0 radical (unpaired) electrons. The van der Waals surface area contributed by atoms with Crippen LogP contribution in [-0.2, 0) is 211 Å². The number of carboxylic acid groups (broad SMARTS) is 2. The summed E-state index contributed by atoms with van der Waals surface area (Å²) in [5.74, 6) is -4.16. The lowest BCUT2D eigenvalue weighted by atomic mass is 9.94. The van der Waals surface area contributed by atoms with E-state index in [0.29, 0.717) is 6.42 Å². The first-order chi connectivity index (χ1) is 51.7. The van der Waals surface area contributed by atoms with E-state index in [2.05, 4.69) is 12.5 Å².